The van der Waals surface area contributed by atoms with Gasteiger partial charge in [0.15, 0.2) is 0 Å². The maximum atomic E-state index is 6.17. The number of pyridine rings is 1. The van der Waals surface area contributed by atoms with Crippen LogP contribution in [0.5, 0.6) is 0 Å². The highest BCUT2D eigenvalue weighted by molar-refractivity contribution is 5.76. The van der Waals surface area contributed by atoms with Crippen molar-refractivity contribution >= 4 is 11.4 Å². The third-order valence-electron chi connectivity index (χ3n) is 5.45. The number of fused-ring (bicyclic) bond motifs is 1. The summed E-state index contributed by atoms with van der Waals surface area (Å²) in [6, 6.07) is 10.1. The summed E-state index contributed by atoms with van der Waals surface area (Å²) in [5, 5.41) is 3.44. The minimum atomic E-state index is 0.744. The van der Waals surface area contributed by atoms with Crippen molar-refractivity contribution in [1.82, 2.24) is 9.88 Å². The normalized spacial score (nSPS) is 22.4. The molecule has 1 aromatic carbocycles. The van der Waals surface area contributed by atoms with Crippen molar-refractivity contribution in [2.45, 2.75) is 19.3 Å². The third kappa shape index (κ3) is 2.84. The molecule has 124 valence electrons. The molecule has 0 amide bonds. The number of hydrogen-bond acceptors (Lipinski definition) is 4. The number of anilines is 2. The molecule has 0 spiro atoms. The first-order valence-electron chi connectivity index (χ1n) is 8.71. The van der Waals surface area contributed by atoms with Gasteiger partial charge < -0.3 is 16.0 Å². The quantitative estimate of drug-likeness (QED) is 0.838. The van der Waals surface area contributed by atoms with Crippen LogP contribution in [0.15, 0.2) is 55.1 Å². The van der Waals surface area contributed by atoms with Crippen LogP contribution < -0.4 is 11.1 Å². The average Bonchev–Trinajstić information content (AvgIpc) is 3.19. The maximum Gasteiger partial charge on any atom is 0.0984 e. The number of rotatable bonds is 4. The molecule has 2 atom stereocenters. The van der Waals surface area contributed by atoms with Crippen molar-refractivity contribution < 1.29 is 0 Å². The fourth-order valence-electron chi connectivity index (χ4n) is 4.08. The highest BCUT2D eigenvalue weighted by atomic mass is 15.3. The lowest BCUT2D eigenvalue weighted by Gasteiger charge is -2.24. The summed E-state index contributed by atoms with van der Waals surface area (Å²) in [7, 11) is 0. The Kier molecular flexibility index (Phi) is 3.89. The number of nitrogen functional groups attached to an aromatic ring is 1. The van der Waals surface area contributed by atoms with Crippen LogP contribution in [0.1, 0.15) is 19.3 Å². The van der Waals surface area contributed by atoms with Gasteiger partial charge in [-0.25, -0.2) is 0 Å². The molecule has 3 N–H and O–H groups in total. The Labute approximate surface area is 143 Å². The molecule has 1 aliphatic heterocycles. The van der Waals surface area contributed by atoms with E-state index >= 15 is 0 Å². The second kappa shape index (κ2) is 6.19. The van der Waals surface area contributed by atoms with Crippen LogP contribution in [-0.2, 0) is 0 Å². The SMILES string of the molecule is C=C(Nc1cc(-c2ccncc2)ccc1N)N1CC2CCCC2C1. The predicted molar refractivity (Wildman–Crippen MR) is 99.3 cm³/mol. The monoisotopic (exact) mass is 320 g/mol. The van der Waals surface area contributed by atoms with Gasteiger partial charge in [-0.15, -0.1) is 0 Å². The standard InChI is InChI=1S/C20H24N4/c1-14(24-12-17-3-2-4-18(17)13-24)23-20-11-16(5-6-19(20)21)15-7-9-22-10-8-15/h5-11,17-18,23H,1-4,12-13,21H2. The summed E-state index contributed by atoms with van der Waals surface area (Å²) < 4.78 is 0. The van der Waals surface area contributed by atoms with E-state index in [2.05, 4.69) is 27.8 Å². The fourth-order valence-corrected chi connectivity index (χ4v) is 4.08. The minimum Gasteiger partial charge on any atom is -0.397 e. The Bertz CT molecular complexity index is 729. The number of nitrogens with zero attached hydrogens (tertiary/aromatic N) is 2. The third-order valence-corrected chi connectivity index (χ3v) is 5.45. The van der Waals surface area contributed by atoms with Crippen molar-refractivity contribution in [2.75, 3.05) is 24.1 Å². The average molecular weight is 320 g/mol. The van der Waals surface area contributed by atoms with E-state index in [9.17, 15) is 0 Å². The fraction of sp³-hybridized carbons (Fsp3) is 0.350. The van der Waals surface area contributed by atoms with E-state index in [4.69, 9.17) is 5.73 Å². The number of aromatic nitrogens is 1. The zero-order valence-corrected chi connectivity index (χ0v) is 13.9. The van der Waals surface area contributed by atoms with E-state index in [0.29, 0.717) is 0 Å². The first-order chi connectivity index (χ1) is 11.7. The molecule has 24 heavy (non-hydrogen) atoms. The smallest absolute Gasteiger partial charge is 0.0984 e. The zero-order chi connectivity index (χ0) is 16.5. The van der Waals surface area contributed by atoms with Crippen molar-refractivity contribution in [2.24, 2.45) is 11.8 Å². The van der Waals surface area contributed by atoms with E-state index in [-0.39, 0.29) is 0 Å². The topological polar surface area (TPSA) is 54.2 Å². The van der Waals surface area contributed by atoms with Crippen molar-refractivity contribution in [3.63, 3.8) is 0 Å². The first-order valence-corrected chi connectivity index (χ1v) is 8.71. The van der Waals surface area contributed by atoms with Crippen LogP contribution in [0.2, 0.25) is 0 Å². The number of hydrogen-bond donors (Lipinski definition) is 2. The largest absolute Gasteiger partial charge is 0.397 e. The van der Waals surface area contributed by atoms with Gasteiger partial charge in [0.25, 0.3) is 0 Å². The van der Waals surface area contributed by atoms with Crippen LogP contribution in [-0.4, -0.2) is 23.0 Å². The van der Waals surface area contributed by atoms with Gasteiger partial charge in [0.1, 0.15) is 0 Å². The van der Waals surface area contributed by atoms with Crippen LogP contribution >= 0.6 is 0 Å². The summed E-state index contributed by atoms with van der Waals surface area (Å²) >= 11 is 0. The van der Waals surface area contributed by atoms with E-state index in [0.717, 1.165) is 53.2 Å². The summed E-state index contributed by atoms with van der Waals surface area (Å²) in [6.07, 6.45) is 7.74. The van der Waals surface area contributed by atoms with Crippen LogP contribution in [0, 0.1) is 11.8 Å². The van der Waals surface area contributed by atoms with Crippen LogP contribution in [0.3, 0.4) is 0 Å². The molecular weight excluding hydrogens is 296 g/mol. The summed E-state index contributed by atoms with van der Waals surface area (Å²) in [6.45, 7) is 6.50. The summed E-state index contributed by atoms with van der Waals surface area (Å²) in [4.78, 5) is 6.46. The highest BCUT2D eigenvalue weighted by Crippen LogP contribution is 2.39. The number of benzene rings is 1. The molecule has 2 heterocycles. The number of nitrogens with two attached hydrogens (primary N) is 1. The highest BCUT2D eigenvalue weighted by Gasteiger charge is 2.36. The van der Waals surface area contributed by atoms with Gasteiger partial charge >= 0.3 is 0 Å². The molecule has 4 nitrogen and oxygen atoms in total. The molecule has 2 aliphatic rings. The second-order valence-electron chi connectivity index (χ2n) is 6.97. The molecule has 1 saturated carbocycles. The lowest BCUT2D eigenvalue weighted by molar-refractivity contribution is 0.393. The molecule has 1 aromatic heterocycles. The van der Waals surface area contributed by atoms with Crippen LogP contribution in [0.25, 0.3) is 11.1 Å². The molecule has 4 heteroatoms. The Hall–Kier alpha value is -2.49. The van der Waals surface area contributed by atoms with Gasteiger partial charge in [-0.2, -0.15) is 0 Å². The Morgan fingerprint density at radius 1 is 1.08 bits per heavy atom. The molecular formula is C20H24N4. The van der Waals surface area contributed by atoms with Crippen molar-refractivity contribution in [3.05, 3.63) is 55.1 Å². The van der Waals surface area contributed by atoms with Gasteiger partial charge in [0, 0.05) is 25.5 Å². The van der Waals surface area contributed by atoms with E-state index < -0.39 is 0 Å². The van der Waals surface area contributed by atoms with Gasteiger partial charge in [-0.05, 0) is 60.1 Å². The van der Waals surface area contributed by atoms with Crippen molar-refractivity contribution in [1.29, 1.82) is 0 Å². The second-order valence-corrected chi connectivity index (χ2v) is 6.97. The van der Waals surface area contributed by atoms with E-state index in [1.807, 2.05) is 24.3 Å². The van der Waals surface area contributed by atoms with Gasteiger partial charge in [0.2, 0.25) is 0 Å². The Morgan fingerprint density at radius 2 is 1.79 bits per heavy atom. The summed E-state index contributed by atoms with van der Waals surface area (Å²) in [5.74, 6) is 2.66. The lowest BCUT2D eigenvalue weighted by Crippen LogP contribution is -2.25. The molecule has 2 aromatic rings. The van der Waals surface area contributed by atoms with E-state index in [1.54, 1.807) is 12.4 Å². The van der Waals surface area contributed by atoms with Gasteiger partial charge in [0.05, 0.1) is 17.2 Å². The molecule has 2 fully saturated rings. The molecule has 0 bridgehead atoms. The van der Waals surface area contributed by atoms with Gasteiger partial charge in [-0.3, -0.25) is 4.98 Å². The molecule has 1 saturated heterocycles. The number of likely N-dealkylation sites (tertiary alicyclic amines) is 1. The lowest BCUT2D eigenvalue weighted by atomic mass is 10.0. The predicted octanol–water partition coefficient (Wildman–Crippen LogP) is 3.95. The Morgan fingerprint density at radius 3 is 2.50 bits per heavy atom. The number of nitrogens with one attached hydrogen (secondary N) is 1. The van der Waals surface area contributed by atoms with Crippen molar-refractivity contribution in [3.8, 4) is 11.1 Å². The Balaban J connectivity index is 1.51. The molecule has 2 unspecified atom stereocenters. The molecule has 1 aliphatic carbocycles. The molecule has 0 radical (unpaired) electrons. The van der Waals surface area contributed by atoms with Crippen LogP contribution in [0.4, 0.5) is 11.4 Å². The maximum absolute atomic E-state index is 6.17. The zero-order valence-electron chi connectivity index (χ0n) is 13.9. The molecule has 4 rings (SSSR count). The first kappa shape index (κ1) is 15.1. The minimum absolute atomic E-state index is 0.744. The van der Waals surface area contributed by atoms with Gasteiger partial charge in [-0.1, -0.05) is 19.1 Å². The summed E-state index contributed by atoms with van der Waals surface area (Å²) in [5.41, 5.74) is 10.1. The van der Waals surface area contributed by atoms with E-state index in [1.165, 1.54) is 19.3 Å².